The number of carboxylic acids is 1. The highest BCUT2D eigenvalue weighted by Crippen LogP contribution is 2.44. The second-order valence-electron chi connectivity index (χ2n) is 6.47. The average molecular weight is 304 g/mol. The molecule has 2 heterocycles. The van der Waals surface area contributed by atoms with Crippen LogP contribution < -0.4 is 10.1 Å². The zero-order valence-electron chi connectivity index (χ0n) is 12.8. The number of piperidine rings is 1. The largest absolute Gasteiger partial charge is 0.481 e. The molecule has 1 aromatic heterocycles. The number of aliphatic carboxylic acids is 1. The Morgan fingerprint density at radius 3 is 2.82 bits per heavy atom. The Kier molecular flexibility index (Phi) is 4.93. The van der Waals surface area contributed by atoms with Gasteiger partial charge in [0.05, 0.1) is 13.0 Å². The van der Waals surface area contributed by atoms with Crippen LogP contribution in [0.15, 0.2) is 18.3 Å². The summed E-state index contributed by atoms with van der Waals surface area (Å²) in [5, 5.41) is 12.5. The maximum absolute atomic E-state index is 11.1. The van der Waals surface area contributed by atoms with Gasteiger partial charge in [-0.1, -0.05) is 0 Å². The highest BCUT2D eigenvalue weighted by Gasteiger charge is 2.34. The Bertz CT molecular complexity index is 510. The van der Waals surface area contributed by atoms with Gasteiger partial charge >= 0.3 is 5.97 Å². The Morgan fingerprint density at radius 2 is 2.14 bits per heavy atom. The highest BCUT2D eigenvalue weighted by atomic mass is 16.5. The van der Waals surface area contributed by atoms with Crippen molar-refractivity contribution >= 4 is 5.97 Å². The van der Waals surface area contributed by atoms with Gasteiger partial charge < -0.3 is 15.2 Å². The quantitative estimate of drug-likeness (QED) is 0.809. The molecule has 1 atom stereocenters. The number of rotatable bonds is 7. The maximum atomic E-state index is 11.1. The molecule has 1 aliphatic carbocycles. The van der Waals surface area contributed by atoms with E-state index in [2.05, 4.69) is 10.3 Å². The van der Waals surface area contributed by atoms with Crippen molar-refractivity contribution in [2.24, 2.45) is 11.8 Å². The lowest BCUT2D eigenvalue weighted by atomic mass is 9.92. The zero-order chi connectivity index (χ0) is 15.4. The third-order valence-electron chi connectivity index (χ3n) is 4.70. The molecule has 2 fully saturated rings. The molecule has 0 radical (unpaired) electrons. The summed E-state index contributed by atoms with van der Waals surface area (Å²) in [6, 6.07) is 3.87. The summed E-state index contributed by atoms with van der Waals surface area (Å²) in [5.41, 5.74) is 1.06. The molecule has 120 valence electrons. The number of hydrogen-bond acceptors (Lipinski definition) is 4. The molecule has 1 aromatic rings. The van der Waals surface area contributed by atoms with Crippen molar-refractivity contribution in [2.75, 3.05) is 19.7 Å². The Morgan fingerprint density at radius 1 is 1.36 bits per heavy atom. The van der Waals surface area contributed by atoms with Crippen molar-refractivity contribution in [3.05, 3.63) is 23.9 Å². The van der Waals surface area contributed by atoms with E-state index in [1.807, 2.05) is 12.1 Å². The van der Waals surface area contributed by atoms with Crippen LogP contribution in [0, 0.1) is 11.8 Å². The van der Waals surface area contributed by atoms with E-state index in [1.54, 1.807) is 6.20 Å². The van der Waals surface area contributed by atoms with Crippen LogP contribution in [-0.4, -0.2) is 35.8 Å². The minimum Gasteiger partial charge on any atom is -0.481 e. The van der Waals surface area contributed by atoms with Crippen LogP contribution >= 0.6 is 0 Å². The molecule has 1 saturated carbocycles. The molecule has 1 unspecified atom stereocenters. The van der Waals surface area contributed by atoms with E-state index in [9.17, 15) is 4.79 Å². The average Bonchev–Trinajstić information content (AvgIpc) is 3.36. The number of ether oxygens (including phenoxy) is 1. The van der Waals surface area contributed by atoms with Crippen LogP contribution in [-0.2, 0) is 4.79 Å². The number of carbonyl (C=O) groups is 1. The Hall–Kier alpha value is -1.62. The second kappa shape index (κ2) is 7.09. The maximum Gasteiger partial charge on any atom is 0.303 e. The van der Waals surface area contributed by atoms with Gasteiger partial charge in [-0.25, -0.2) is 4.98 Å². The van der Waals surface area contributed by atoms with Gasteiger partial charge in [0.15, 0.2) is 0 Å². The molecule has 0 amide bonds. The minimum atomic E-state index is -0.731. The number of hydrogen-bond donors (Lipinski definition) is 2. The number of aromatic nitrogens is 1. The van der Waals surface area contributed by atoms with Gasteiger partial charge in [-0.15, -0.1) is 0 Å². The van der Waals surface area contributed by atoms with Gasteiger partial charge in [0.25, 0.3) is 0 Å². The molecule has 2 aliphatic rings. The smallest absolute Gasteiger partial charge is 0.303 e. The zero-order valence-corrected chi connectivity index (χ0v) is 12.8. The Labute approximate surface area is 131 Å². The van der Waals surface area contributed by atoms with Crippen LogP contribution in [0.25, 0.3) is 0 Å². The minimum absolute atomic E-state index is 0.0988. The predicted octanol–water partition coefficient (Wildman–Crippen LogP) is 2.43. The van der Waals surface area contributed by atoms with E-state index in [0.717, 1.165) is 44.3 Å². The summed E-state index contributed by atoms with van der Waals surface area (Å²) >= 11 is 0. The number of pyridine rings is 1. The number of nitrogens with zero attached hydrogens (tertiary/aromatic N) is 1. The van der Waals surface area contributed by atoms with Gasteiger partial charge in [0, 0.05) is 12.3 Å². The monoisotopic (exact) mass is 304 g/mol. The first-order valence-corrected chi connectivity index (χ1v) is 8.23. The SMILES string of the molecule is O=C(O)CC(c1ccnc(OCC2CCNCC2)c1)C1CC1. The molecular formula is C17H24N2O3. The third-order valence-corrected chi connectivity index (χ3v) is 4.70. The fraction of sp³-hybridized carbons (Fsp3) is 0.647. The molecule has 5 nitrogen and oxygen atoms in total. The summed E-state index contributed by atoms with van der Waals surface area (Å²) < 4.78 is 5.86. The molecule has 2 N–H and O–H groups in total. The fourth-order valence-corrected chi connectivity index (χ4v) is 3.23. The van der Waals surface area contributed by atoms with E-state index in [0.29, 0.717) is 24.3 Å². The normalized spacial score (nSPS) is 20.5. The van der Waals surface area contributed by atoms with E-state index in [-0.39, 0.29) is 12.3 Å². The lowest BCUT2D eigenvalue weighted by Crippen LogP contribution is -2.30. The summed E-state index contributed by atoms with van der Waals surface area (Å²) in [6.45, 7) is 2.82. The van der Waals surface area contributed by atoms with Crippen molar-refractivity contribution < 1.29 is 14.6 Å². The van der Waals surface area contributed by atoms with E-state index in [4.69, 9.17) is 9.84 Å². The molecule has 0 aromatic carbocycles. The van der Waals surface area contributed by atoms with Crippen LogP contribution in [0.2, 0.25) is 0 Å². The predicted molar refractivity (Wildman–Crippen MR) is 83.0 cm³/mol. The van der Waals surface area contributed by atoms with Crippen LogP contribution in [0.3, 0.4) is 0 Å². The molecule has 1 saturated heterocycles. The molecule has 0 bridgehead atoms. The summed E-state index contributed by atoms with van der Waals surface area (Å²) in [7, 11) is 0. The van der Waals surface area contributed by atoms with Gasteiger partial charge in [-0.2, -0.15) is 0 Å². The summed E-state index contributed by atoms with van der Waals surface area (Å²) in [6.07, 6.45) is 6.48. The van der Waals surface area contributed by atoms with E-state index < -0.39 is 5.97 Å². The van der Waals surface area contributed by atoms with Gasteiger partial charge in [0.2, 0.25) is 5.88 Å². The molecule has 5 heteroatoms. The van der Waals surface area contributed by atoms with E-state index in [1.165, 1.54) is 0 Å². The third kappa shape index (κ3) is 4.19. The number of nitrogens with one attached hydrogen (secondary N) is 1. The van der Waals surface area contributed by atoms with Gasteiger partial charge in [-0.05, 0) is 68.2 Å². The van der Waals surface area contributed by atoms with Crippen LogP contribution in [0.1, 0.15) is 43.6 Å². The van der Waals surface area contributed by atoms with Crippen molar-refractivity contribution in [3.8, 4) is 5.88 Å². The summed E-state index contributed by atoms with van der Waals surface area (Å²) in [4.78, 5) is 15.4. The molecule has 22 heavy (non-hydrogen) atoms. The topological polar surface area (TPSA) is 71.5 Å². The van der Waals surface area contributed by atoms with Crippen molar-refractivity contribution in [1.82, 2.24) is 10.3 Å². The van der Waals surface area contributed by atoms with Crippen LogP contribution in [0.4, 0.5) is 0 Å². The summed E-state index contributed by atoms with van der Waals surface area (Å²) in [5.74, 6) is 1.10. The van der Waals surface area contributed by atoms with Crippen molar-refractivity contribution in [3.63, 3.8) is 0 Å². The molecular weight excluding hydrogens is 280 g/mol. The van der Waals surface area contributed by atoms with E-state index >= 15 is 0 Å². The first-order valence-electron chi connectivity index (χ1n) is 8.23. The molecule has 1 aliphatic heterocycles. The number of carboxylic acid groups (broad SMARTS) is 1. The lowest BCUT2D eigenvalue weighted by Gasteiger charge is -2.22. The van der Waals surface area contributed by atoms with Crippen LogP contribution in [0.5, 0.6) is 5.88 Å². The fourth-order valence-electron chi connectivity index (χ4n) is 3.23. The lowest BCUT2D eigenvalue weighted by molar-refractivity contribution is -0.137. The van der Waals surface area contributed by atoms with Crippen molar-refractivity contribution in [1.29, 1.82) is 0 Å². The highest BCUT2D eigenvalue weighted by molar-refractivity contribution is 5.68. The first-order chi connectivity index (χ1) is 10.7. The first kappa shape index (κ1) is 15.3. The molecule has 0 spiro atoms. The van der Waals surface area contributed by atoms with Gasteiger partial charge in [0.1, 0.15) is 0 Å². The Balaban J connectivity index is 1.62. The second-order valence-corrected chi connectivity index (χ2v) is 6.47. The van der Waals surface area contributed by atoms with Gasteiger partial charge in [-0.3, -0.25) is 4.79 Å². The molecule has 3 rings (SSSR count). The standard InChI is InChI=1S/C17H24N2O3/c20-17(21)10-15(13-1-2-13)14-5-8-19-16(9-14)22-11-12-3-6-18-7-4-12/h5,8-9,12-13,15,18H,1-4,6-7,10-11H2,(H,20,21). The van der Waals surface area contributed by atoms with Crippen molar-refractivity contribution in [2.45, 2.75) is 38.0 Å².